The van der Waals surface area contributed by atoms with Crippen LogP contribution in [0.25, 0.3) is 0 Å². The largest absolute Gasteiger partial charge is 0.409 e. The van der Waals surface area contributed by atoms with Crippen molar-refractivity contribution in [3.63, 3.8) is 0 Å². The molecule has 0 aliphatic rings. The molecule has 4 nitrogen and oxygen atoms in total. The van der Waals surface area contributed by atoms with Gasteiger partial charge in [0.15, 0.2) is 5.84 Å². The molecule has 1 aromatic carbocycles. The van der Waals surface area contributed by atoms with Crippen molar-refractivity contribution in [2.75, 3.05) is 11.9 Å². The number of nitrogens with zero attached hydrogens (tertiary/aromatic N) is 2. The zero-order valence-corrected chi connectivity index (χ0v) is 11.9. The van der Waals surface area contributed by atoms with Crippen LogP contribution in [0.15, 0.2) is 23.4 Å². The lowest BCUT2D eigenvalue weighted by molar-refractivity contribution is 0.318. The summed E-state index contributed by atoms with van der Waals surface area (Å²) < 4.78 is 13.9. The molecule has 0 aliphatic heterocycles. The number of oxime groups is 1. The molecule has 0 bridgehead atoms. The van der Waals surface area contributed by atoms with Gasteiger partial charge in [-0.2, -0.15) is 0 Å². The minimum Gasteiger partial charge on any atom is -0.409 e. The van der Waals surface area contributed by atoms with E-state index in [1.807, 2.05) is 11.9 Å². The third-order valence-electron chi connectivity index (χ3n) is 3.21. The molecule has 0 saturated carbocycles. The predicted octanol–water partition coefficient (Wildman–Crippen LogP) is 2.79. The van der Waals surface area contributed by atoms with Crippen LogP contribution in [0, 0.1) is 11.7 Å². The Hall–Kier alpha value is -1.78. The normalized spacial score (nSPS) is 13.7. The van der Waals surface area contributed by atoms with Crippen molar-refractivity contribution < 1.29 is 9.60 Å². The van der Waals surface area contributed by atoms with Crippen LogP contribution >= 0.6 is 0 Å². The summed E-state index contributed by atoms with van der Waals surface area (Å²) >= 11 is 0. The van der Waals surface area contributed by atoms with Gasteiger partial charge in [-0.15, -0.1) is 0 Å². The van der Waals surface area contributed by atoms with E-state index in [2.05, 4.69) is 25.9 Å². The molecule has 1 unspecified atom stereocenters. The van der Waals surface area contributed by atoms with E-state index in [1.165, 1.54) is 6.07 Å². The van der Waals surface area contributed by atoms with Gasteiger partial charge in [-0.3, -0.25) is 0 Å². The van der Waals surface area contributed by atoms with E-state index in [0.29, 0.717) is 11.6 Å². The first-order valence-corrected chi connectivity index (χ1v) is 6.37. The van der Waals surface area contributed by atoms with E-state index in [9.17, 15) is 4.39 Å². The summed E-state index contributed by atoms with van der Waals surface area (Å²) in [6.45, 7) is 6.35. The Bertz CT molecular complexity index is 460. The molecule has 0 fully saturated rings. The van der Waals surface area contributed by atoms with Crippen LogP contribution in [0.1, 0.15) is 32.8 Å². The minimum atomic E-state index is -0.489. The zero-order chi connectivity index (χ0) is 14.6. The summed E-state index contributed by atoms with van der Waals surface area (Å²) in [6.07, 6.45) is 0.975. The molecule has 19 heavy (non-hydrogen) atoms. The third kappa shape index (κ3) is 3.59. The first-order chi connectivity index (χ1) is 8.88. The number of hydrogen-bond acceptors (Lipinski definition) is 3. The van der Waals surface area contributed by atoms with Gasteiger partial charge in [0.25, 0.3) is 0 Å². The molecule has 0 radical (unpaired) electrons. The van der Waals surface area contributed by atoms with Gasteiger partial charge in [0.2, 0.25) is 0 Å². The average Bonchev–Trinajstić information content (AvgIpc) is 2.35. The quantitative estimate of drug-likeness (QED) is 0.373. The maximum atomic E-state index is 13.9. The van der Waals surface area contributed by atoms with Crippen LogP contribution in [0.5, 0.6) is 0 Å². The molecule has 0 aliphatic carbocycles. The fourth-order valence-electron chi connectivity index (χ4n) is 2.19. The van der Waals surface area contributed by atoms with Gasteiger partial charge < -0.3 is 15.8 Å². The molecular weight excluding hydrogens is 245 g/mol. The Morgan fingerprint density at radius 2 is 2.05 bits per heavy atom. The second kappa shape index (κ2) is 6.41. The van der Waals surface area contributed by atoms with Crippen LogP contribution in [0.3, 0.4) is 0 Å². The maximum Gasteiger partial charge on any atom is 0.175 e. The number of benzene rings is 1. The van der Waals surface area contributed by atoms with Crippen molar-refractivity contribution in [1.82, 2.24) is 0 Å². The molecule has 0 aromatic heterocycles. The number of anilines is 1. The van der Waals surface area contributed by atoms with Gasteiger partial charge >= 0.3 is 0 Å². The Kier molecular flexibility index (Phi) is 5.15. The monoisotopic (exact) mass is 267 g/mol. The number of hydrogen-bond donors (Lipinski definition) is 2. The standard InChI is InChI=1S/C14H22FN3O/c1-9(2)8-10(3)18(4)12-7-5-6-11(15)13(12)14(16)17-19/h5-7,9-10,19H,8H2,1-4H3,(H2,16,17). The molecule has 106 valence electrons. The van der Waals surface area contributed by atoms with Gasteiger partial charge in [0, 0.05) is 13.1 Å². The van der Waals surface area contributed by atoms with E-state index < -0.39 is 5.82 Å². The van der Waals surface area contributed by atoms with Gasteiger partial charge in [0.1, 0.15) is 5.82 Å². The van der Waals surface area contributed by atoms with E-state index in [4.69, 9.17) is 10.9 Å². The third-order valence-corrected chi connectivity index (χ3v) is 3.21. The fraction of sp³-hybridized carbons (Fsp3) is 0.500. The zero-order valence-electron chi connectivity index (χ0n) is 11.9. The summed E-state index contributed by atoms with van der Waals surface area (Å²) in [5.41, 5.74) is 6.34. The molecule has 0 saturated heterocycles. The summed E-state index contributed by atoms with van der Waals surface area (Å²) in [5.74, 6) is -0.161. The SMILES string of the molecule is CC(C)CC(C)N(C)c1cccc(F)c1C(N)=NO. The lowest BCUT2D eigenvalue weighted by Gasteiger charge is -2.30. The summed E-state index contributed by atoms with van der Waals surface area (Å²) in [5, 5.41) is 11.7. The van der Waals surface area contributed by atoms with Crippen LogP contribution in [-0.4, -0.2) is 24.1 Å². The van der Waals surface area contributed by atoms with Gasteiger partial charge in [-0.1, -0.05) is 25.1 Å². The summed E-state index contributed by atoms with van der Waals surface area (Å²) in [4.78, 5) is 1.95. The van der Waals surface area contributed by atoms with Crippen LogP contribution in [0.4, 0.5) is 10.1 Å². The lowest BCUT2D eigenvalue weighted by atomic mass is 10.0. The highest BCUT2D eigenvalue weighted by molar-refractivity contribution is 6.02. The fourth-order valence-corrected chi connectivity index (χ4v) is 2.19. The molecule has 0 heterocycles. The average molecular weight is 267 g/mol. The smallest absolute Gasteiger partial charge is 0.175 e. The van der Waals surface area contributed by atoms with Crippen molar-refractivity contribution in [3.05, 3.63) is 29.6 Å². The first kappa shape index (κ1) is 15.3. The lowest BCUT2D eigenvalue weighted by Crippen LogP contribution is -2.32. The molecule has 3 N–H and O–H groups in total. The van der Waals surface area contributed by atoms with E-state index in [-0.39, 0.29) is 17.4 Å². The Labute approximate surface area is 113 Å². The van der Waals surface area contributed by atoms with Crippen molar-refractivity contribution in [2.24, 2.45) is 16.8 Å². The van der Waals surface area contributed by atoms with Crippen molar-refractivity contribution in [3.8, 4) is 0 Å². The highest BCUT2D eigenvalue weighted by Crippen LogP contribution is 2.25. The topological polar surface area (TPSA) is 61.8 Å². The second-order valence-corrected chi connectivity index (χ2v) is 5.21. The Morgan fingerprint density at radius 3 is 2.58 bits per heavy atom. The Morgan fingerprint density at radius 1 is 1.42 bits per heavy atom. The molecule has 1 rings (SSSR count). The van der Waals surface area contributed by atoms with E-state index in [0.717, 1.165) is 6.42 Å². The van der Waals surface area contributed by atoms with Gasteiger partial charge in [-0.25, -0.2) is 4.39 Å². The first-order valence-electron chi connectivity index (χ1n) is 6.37. The van der Waals surface area contributed by atoms with Crippen LogP contribution in [0.2, 0.25) is 0 Å². The molecular formula is C14H22FN3O. The predicted molar refractivity (Wildman–Crippen MR) is 76.2 cm³/mol. The van der Waals surface area contributed by atoms with Crippen LogP contribution in [-0.2, 0) is 0 Å². The summed E-state index contributed by atoms with van der Waals surface area (Å²) in [6, 6.07) is 4.93. The molecule has 5 heteroatoms. The van der Waals surface area contributed by atoms with E-state index in [1.54, 1.807) is 12.1 Å². The van der Waals surface area contributed by atoms with Crippen LogP contribution < -0.4 is 10.6 Å². The van der Waals surface area contributed by atoms with Crippen molar-refractivity contribution >= 4 is 11.5 Å². The highest BCUT2D eigenvalue weighted by atomic mass is 19.1. The maximum absolute atomic E-state index is 13.9. The summed E-state index contributed by atoms with van der Waals surface area (Å²) in [7, 11) is 1.88. The molecule has 0 spiro atoms. The van der Waals surface area contributed by atoms with E-state index >= 15 is 0 Å². The minimum absolute atomic E-state index is 0.142. The van der Waals surface area contributed by atoms with Crippen molar-refractivity contribution in [2.45, 2.75) is 33.2 Å². The number of rotatable bonds is 5. The molecule has 0 amide bonds. The van der Waals surface area contributed by atoms with Gasteiger partial charge in [0.05, 0.1) is 11.3 Å². The second-order valence-electron chi connectivity index (χ2n) is 5.21. The molecule has 1 atom stereocenters. The highest BCUT2D eigenvalue weighted by Gasteiger charge is 2.19. The number of halogens is 1. The van der Waals surface area contributed by atoms with Crippen molar-refractivity contribution in [1.29, 1.82) is 0 Å². The molecule has 1 aromatic rings. The van der Waals surface area contributed by atoms with Gasteiger partial charge in [-0.05, 0) is 31.4 Å². The number of nitrogens with two attached hydrogens (primary N) is 1. The Balaban J connectivity index is 3.16. The number of amidine groups is 1.